The number of nitrogens with zero attached hydrogens (tertiary/aromatic N) is 2. The molecule has 3 heterocycles. The number of halogens is 1. The van der Waals surface area contributed by atoms with E-state index < -0.39 is 0 Å². The predicted octanol–water partition coefficient (Wildman–Crippen LogP) is 3.42. The zero-order chi connectivity index (χ0) is 13.1. The van der Waals surface area contributed by atoms with Crippen molar-refractivity contribution in [3.05, 3.63) is 39.0 Å². The van der Waals surface area contributed by atoms with Gasteiger partial charge in [-0.2, -0.15) is 0 Å². The van der Waals surface area contributed by atoms with Crippen LogP contribution in [0.25, 0.3) is 0 Å². The lowest BCUT2D eigenvalue weighted by atomic mass is 9.95. The third kappa shape index (κ3) is 3.27. The zero-order valence-corrected chi connectivity index (χ0v) is 13.2. The monoisotopic (exact) mass is 339 g/mol. The van der Waals surface area contributed by atoms with Gasteiger partial charge in [0.05, 0.1) is 10.1 Å². The minimum absolute atomic E-state index is 0.679. The molecule has 1 aliphatic heterocycles. The molecule has 1 fully saturated rings. The summed E-state index contributed by atoms with van der Waals surface area (Å²) in [4.78, 5) is 5.78. The Hall–Kier alpha value is -0.650. The summed E-state index contributed by atoms with van der Waals surface area (Å²) in [5.41, 5.74) is 1.41. The van der Waals surface area contributed by atoms with E-state index in [0.717, 1.165) is 26.1 Å². The lowest BCUT2D eigenvalue weighted by Gasteiger charge is -2.23. The van der Waals surface area contributed by atoms with Crippen LogP contribution in [0.5, 0.6) is 0 Å². The van der Waals surface area contributed by atoms with E-state index in [9.17, 15) is 0 Å². The molecule has 1 aliphatic rings. The van der Waals surface area contributed by atoms with E-state index in [1.807, 2.05) is 17.7 Å². The van der Waals surface area contributed by atoms with Gasteiger partial charge < -0.3 is 9.88 Å². The topological polar surface area (TPSA) is 29.9 Å². The van der Waals surface area contributed by atoms with Gasteiger partial charge in [0.1, 0.15) is 0 Å². The number of imidazole rings is 1. The van der Waals surface area contributed by atoms with Gasteiger partial charge in [0.15, 0.2) is 0 Å². The van der Waals surface area contributed by atoms with Gasteiger partial charge in [-0.1, -0.05) is 0 Å². The van der Waals surface area contributed by atoms with Gasteiger partial charge in [0, 0.05) is 29.2 Å². The van der Waals surface area contributed by atoms with Gasteiger partial charge in [-0.05, 0) is 60.4 Å². The van der Waals surface area contributed by atoms with Crippen LogP contribution in [0, 0.1) is 0 Å². The maximum atomic E-state index is 4.35. The quantitative estimate of drug-likeness (QED) is 0.924. The van der Waals surface area contributed by atoms with Crippen molar-refractivity contribution in [1.82, 2.24) is 14.9 Å². The summed E-state index contributed by atoms with van der Waals surface area (Å²) in [6, 6.07) is 4.33. The Bertz CT molecular complexity index is 528. The Morgan fingerprint density at radius 1 is 1.37 bits per heavy atom. The van der Waals surface area contributed by atoms with Gasteiger partial charge in [-0.3, -0.25) is 0 Å². The van der Waals surface area contributed by atoms with Crippen LogP contribution in [0.3, 0.4) is 0 Å². The maximum Gasteiger partial charge on any atom is 0.0948 e. The Kier molecular flexibility index (Phi) is 4.35. The number of aryl methyl sites for hydroxylation is 2. The molecule has 0 spiro atoms. The molecule has 0 atom stereocenters. The molecule has 0 aliphatic carbocycles. The Morgan fingerprint density at radius 3 is 2.95 bits per heavy atom. The molecule has 0 radical (unpaired) electrons. The summed E-state index contributed by atoms with van der Waals surface area (Å²) in [6.07, 6.45) is 7.59. The second-order valence-corrected chi connectivity index (χ2v) is 7.54. The summed E-state index contributed by atoms with van der Waals surface area (Å²) in [5.74, 6) is 0.679. The number of aromatic nitrogens is 2. The minimum atomic E-state index is 0.679. The first kappa shape index (κ1) is 13.3. The number of hydrogen-bond donors (Lipinski definition) is 1. The molecule has 102 valence electrons. The number of hydrogen-bond acceptors (Lipinski definition) is 3. The molecular formula is C14H18BrN3S. The highest BCUT2D eigenvalue weighted by molar-refractivity contribution is 9.11. The van der Waals surface area contributed by atoms with Crippen LogP contribution in [0.4, 0.5) is 0 Å². The van der Waals surface area contributed by atoms with E-state index in [2.05, 4.69) is 49.1 Å². The van der Waals surface area contributed by atoms with Crippen molar-refractivity contribution in [2.75, 3.05) is 13.1 Å². The van der Waals surface area contributed by atoms with Crippen molar-refractivity contribution in [1.29, 1.82) is 0 Å². The Labute approximate surface area is 126 Å². The Morgan fingerprint density at radius 2 is 2.21 bits per heavy atom. The molecule has 19 heavy (non-hydrogen) atoms. The number of rotatable bonds is 4. The highest BCUT2D eigenvalue weighted by Gasteiger charge is 2.18. The highest BCUT2D eigenvalue weighted by Crippen LogP contribution is 2.26. The molecule has 5 heteroatoms. The molecular weight excluding hydrogens is 322 g/mol. The predicted molar refractivity (Wildman–Crippen MR) is 82.8 cm³/mol. The molecule has 1 saturated heterocycles. The molecule has 0 aromatic carbocycles. The van der Waals surface area contributed by atoms with E-state index in [0.29, 0.717) is 5.92 Å². The Balaban J connectivity index is 1.66. The van der Waals surface area contributed by atoms with Crippen LogP contribution in [-0.2, 0) is 13.0 Å². The first-order chi connectivity index (χ1) is 9.33. The second-order valence-electron chi connectivity index (χ2n) is 4.99. The molecule has 0 amide bonds. The molecule has 2 aromatic rings. The SMILES string of the molecule is Brc1ccc(CCn2cncc2C2CCNCC2)s1. The molecule has 3 nitrogen and oxygen atoms in total. The highest BCUT2D eigenvalue weighted by atomic mass is 79.9. The fraction of sp³-hybridized carbons (Fsp3) is 0.500. The molecule has 2 aromatic heterocycles. The summed E-state index contributed by atoms with van der Waals surface area (Å²) < 4.78 is 3.55. The smallest absolute Gasteiger partial charge is 0.0948 e. The molecule has 0 unspecified atom stereocenters. The van der Waals surface area contributed by atoms with Crippen LogP contribution in [0.2, 0.25) is 0 Å². The molecule has 1 N–H and O–H groups in total. The number of nitrogens with one attached hydrogen (secondary N) is 1. The third-order valence-corrected chi connectivity index (χ3v) is 5.41. The maximum absolute atomic E-state index is 4.35. The standard InChI is InChI=1S/C14H18BrN3S/c15-14-2-1-12(19-14)5-8-18-10-17-9-13(18)11-3-6-16-7-4-11/h1-2,9-11,16H,3-8H2. The third-order valence-electron chi connectivity index (χ3n) is 3.73. The van der Waals surface area contributed by atoms with E-state index >= 15 is 0 Å². The van der Waals surface area contributed by atoms with Crippen LogP contribution in [0.1, 0.15) is 29.3 Å². The first-order valence-electron chi connectivity index (χ1n) is 6.78. The summed E-state index contributed by atoms with van der Waals surface area (Å²) in [7, 11) is 0. The average molecular weight is 340 g/mol. The van der Waals surface area contributed by atoms with Gasteiger partial charge in [0.25, 0.3) is 0 Å². The lowest BCUT2D eigenvalue weighted by Crippen LogP contribution is -2.27. The summed E-state index contributed by atoms with van der Waals surface area (Å²) in [5, 5.41) is 3.42. The number of thiophene rings is 1. The molecule has 0 saturated carbocycles. The van der Waals surface area contributed by atoms with E-state index in [4.69, 9.17) is 0 Å². The van der Waals surface area contributed by atoms with Crippen molar-refractivity contribution in [3.8, 4) is 0 Å². The van der Waals surface area contributed by atoms with Crippen molar-refractivity contribution < 1.29 is 0 Å². The molecule has 0 bridgehead atoms. The minimum Gasteiger partial charge on any atom is -0.334 e. The average Bonchev–Trinajstić information content (AvgIpc) is 3.06. The van der Waals surface area contributed by atoms with Crippen LogP contribution in [0.15, 0.2) is 28.4 Å². The van der Waals surface area contributed by atoms with Crippen molar-refractivity contribution >= 4 is 27.3 Å². The molecule has 3 rings (SSSR count). The van der Waals surface area contributed by atoms with Gasteiger partial charge in [-0.15, -0.1) is 11.3 Å². The first-order valence-corrected chi connectivity index (χ1v) is 8.39. The fourth-order valence-electron chi connectivity index (χ4n) is 2.69. The van der Waals surface area contributed by atoms with Crippen molar-refractivity contribution in [2.24, 2.45) is 0 Å². The van der Waals surface area contributed by atoms with Gasteiger partial charge in [-0.25, -0.2) is 4.98 Å². The summed E-state index contributed by atoms with van der Waals surface area (Å²) >= 11 is 5.34. The van der Waals surface area contributed by atoms with Crippen LogP contribution >= 0.6 is 27.3 Å². The normalized spacial score (nSPS) is 16.9. The summed E-state index contributed by atoms with van der Waals surface area (Å²) in [6.45, 7) is 3.30. The van der Waals surface area contributed by atoms with Crippen molar-refractivity contribution in [2.45, 2.75) is 31.7 Å². The largest absolute Gasteiger partial charge is 0.334 e. The van der Waals surface area contributed by atoms with E-state index in [1.54, 1.807) is 0 Å². The van der Waals surface area contributed by atoms with E-state index in [-0.39, 0.29) is 0 Å². The van der Waals surface area contributed by atoms with Crippen LogP contribution < -0.4 is 5.32 Å². The van der Waals surface area contributed by atoms with E-state index in [1.165, 1.54) is 27.2 Å². The number of piperidine rings is 1. The second kappa shape index (κ2) is 6.20. The fourth-order valence-corrected chi connectivity index (χ4v) is 4.16. The van der Waals surface area contributed by atoms with Gasteiger partial charge in [0.2, 0.25) is 0 Å². The van der Waals surface area contributed by atoms with Crippen molar-refractivity contribution in [3.63, 3.8) is 0 Å². The van der Waals surface area contributed by atoms with Crippen LogP contribution in [-0.4, -0.2) is 22.6 Å². The van der Waals surface area contributed by atoms with Gasteiger partial charge >= 0.3 is 0 Å². The zero-order valence-electron chi connectivity index (χ0n) is 10.8. The lowest BCUT2D eigenvalue weighted by molar-refractivity contribution is 0.439.